The minimum Gasteiger partial charge on any atom is -0.355 e. The topological polar surface area (TPSA) is 90.2 Å². The molecule has 0 unspecified atom stereocenters. The zero-order valence-corrected chi connectivity index (χ0v) is 19.7. The standard InChI is InChI=1S/C21H19Cl2FN8S/c22-14-8-28-20-17(23)13(1-4-31(14)20)33-16-10-26-15(9-27-16)30-5-2-21(3-6-30)11-32-18(19(21)25)12(24)7-29-32/h1,4,7-10,19H,2-3,5-6,11,25H2/t19-/m1/s1. The van der Waals surface area contributed by atoms with Gasteiger partial charge in [0.05, 0.1) is 41.5 Å². The van der Waals surface area contributed by atoms with Gasteiger partial charge in [0, 0.05) is 36.1 Å². The highest BCUT2D eigenvalue weighted by atomic mass is 35.5. The molecule has 0 aromatic carbocycles. The van der Waals surface area contributed by atoms with E-state index in [2.05, 4.69) is 25.0 Å². The van der Waals surface area contributed by atoms with E-state index in [1.807, 2.05) is 12.3 Å². The normalized spacial score (nSPS) is 19.5. The van der Waals surface area contributed by atoms with Crippen molar-refractivity contribution in [3.63, 3.8) is 0 Å². The third-order valence-corrected chi connectivity index (χ3v) is 8.45. The van der Waals surface area contributed by atoms with Crippen LogP contribution in [0.4, 0.5) is 10.2 Å². The summed E-state index contributed by atoms with van der Waals surface area (Å²) in [6.07, 6.45) is 9.86. The van der Waals surface area contributed by atoms with Gasteiger partial charge in [-0.3, -0.25) is 9.08 Å². The fourth-order valence-corrected chi connectivity index (χ4v) is 6.08. The molecular weight excluding hydrogens is 486 g/mol. The summed E-state index contributed by atoms with van der Waals surface area (Å²) in [5.41, 5.74) is 7.42. The molecule has 1 fully saturated rings. The van der Waals surface area contributed by atoms with Gasteiger partial charge in [-0.2, -0.15) is 5.10 Å². The van der Waals surface area contributed by atoms with Gasteiger partial charge in [-0.25, -0.2) is 19.3 Å². The SMILES string of the molecule is N[C@@H]1c2c(F)cnn2CC12CCN(c1cnc(Sc3ccn4c(Cl)cnc4c3Cl)cn1)CC2. The van der Waals surface area contributed by atoms with Crippen LogP contribution < -0.4 is 10.6 Å². The predicted molar refractivity (Wildman–Crippen MR) is 124 cm³/mol. The van der Waals surface area contributed by atoms with Crippen LogP contribution in [0.25, 0.3) is 5.65 Å². The van der Waals surface area contributed by atoms with Crippen molar-refractivity contribution in [3.8, 4) is 0 Å². The molecule has 1 atom stereocenters. The predicted octanol–water partition coefficient (Wildman–Crippen LogP) is 4.22. The van der Waals surface area contributed by atoms with Gasteiger partial charge in [-0.1, -0.05) is 35.0 Å². The van der Waals surface area contributed by atoms with Gasteiger partial charge in [0.15, 0.2) is 11.5 Å². The average molecular weight is 505 g/mol. The molecule has 4 aromatic rings. The molecule has 0 bridgehead atoms. The lowest BCUT2D eigenvalue weighted by atomic mass is 9.73. The van der Waals surface area contributed by atoms with Crippen LogP contribution in [0.3, 0.4) is 0 Å². The zero-order chi connectivity index (χ0) is 22.7. The number of halogens is 3. The summed E-state index contributed by atoms with van der Waals surface area (Å²) >= 11 is 14.0. The molecule has 170 valence electrons. The smallest absolute Gasteiger partial charge is 0.165 e. The van der Waals surface area contributed by atoms with Crippen LogP contribution in [-0.4, -0.2) is 42.2 Å². The van der Waals surface area contributed by atoms with Crippen molar-refractivity contribution >= 4 is 46.4 Å². The van der Waals surface area contributed by atoms with Gasteiger partial charge < -0.3 is 10.6 Å². The molecule has 0 amide bonds. The van der Waals surface area contributed by atoms with Crippen molar-refractivity contribution in [1.29, 1.82) is 0 Å². The summed E-state index contributed by atoms with van der Waals surface area (Å²) in [6, 6.07) is 1.55. The highest BCUT2D eigenvalue weighted by Crippen LogP contribution is 2.48. The van der Waals surface area contributed by atoms with Gasteiger partial charge in [0.25, 0.3) is 0 Å². The zero-order valence-electron chi connectivity index (χ0n) is 17.3. The molecule has 0 radical (unpaired) electrons. The molecule has 2 aliphatic rings. The molecule has 1 spiro atoms. The van der Waals surface area contributed by atoms with E-state index in [0.717, 1.165) is 41.7 Å². The first-order valence-corrected chi connectivity index (χ1v) is 12.1. The van der Waals surface area contributed by atoms with Crippen molar-refractivity contribution in [2.75, 3.05) is 18.0 Å². The van der Waals surface area contributed by atoms with Crippen LogP contribution in [0, 0.1) is 11.2 Å². The van der Waals surface area contributed by atoms with Crippen molar-refractivity contribution < 1.29 is 4.39 Å². The van der Waals surface area contributed by atoms with Crippen molar-refractivity contribution in [3.05, 3.63) is 58.7 Å². The second-order valence-electron chi connectivity index (χ2n) is 8.45. The van der Waals surface area contributed by atoms with Gasteiger partial charge in [0.2, 0.25) is 0 Å². The van der Waals surface area contributed by atoms with Gasteiger partial charge >= 0.3 is 0 Å². The van der Waals surface area contributed by atoms with E-state index < -0.39 is 0 Å². The Bertz CT molecular complexity index is 1350. The summed E-state index contributed by atoms with van der Waals surface area (Å²) in [5, 5.41) is 5.90. The number of hydrogen-bond acceptors (Lipinski definition) is 7. The summed E-state index contributed by atoms with van der Waals surface area (Å²) in [4.78, 5) is 16.5. The van der Waals surface area contributed by atoms with Crippen LogP contribution in [0.5, 0.6) is 0 Å². The van der Waals surface area contributed by atoms with Gasteiger partial charge in [0.1, 0.15) is 16.0 Å². The monoisotopic (exact) mass is 504 g/mol. The summed E-state index contributed by atoms with van der Waals surface area (Å²) in [6.45, 7) is 2.23. The Morgan fingerprint density at radius 2 is 1.91 bits per heavy atom. The summed E-state index contributed by atoms with van der Waals surface area (Å²) in [7, 11) is 0. The van der Waals surface area contributed by atoms with Crippen LogP contribution in [0.2, 0.25) is 10.2 Å². The number of hydrogen-bond donors (Lipinski definition) is 1. The molecule has 33 heavy (non-hydrogen) atoms. The maximum atomic E-state index is 14.1. The second kappa shape index (κ2) is 7.83. The van der Waals surface area contributed by atoms with Crippen LogP contribution in [0.15, 0.2) is 47.0 Å². The van der Waals surface area contributed by atoms with Crippen LogP contribution in [0.1, 0.15) is 24.6 Å². The fourth-order valence-electron chi connectivity index (χ4n) is 4.83. The quantitative estimate of drug-likeness (QED) is 0.446. The molecule has 4 aromatic heterocycles. The number of pyridine rings is 1. The number of imidazole rings is 1. The third kappa shape index (κ3) is 3.39. The number of fused-ring (bicyclic) bond motifs is 2. The number of rotatable bonds is 3. The van der Waals surface area contributed by atoms with Crippen LogP contribution in [-0.2, 0) is 6.54 Å². The molecular formula is C21H19Cl2FN8S. The van der Waals surface area contributed by atoms with E-state index in [-0.39, 0.29) is 17.3 Å². The Labute approximate surface area is 202 Å². The molecule has 6 heterocycles. The lowest BCUT2D eigenvalue weighted by molar-refractivity contribution is 0.169. The maximum absolute atomic E-state index is 14.1. The molecule has 0 saturated carbocycles. The van der Waals surface area contributed by atoms with E-state index >= 15 is 0 Å². The van der Waals surface area contributed by atoms with E-state index in [1.54, 1.807) is 27.7 Å². The summed E-state index contributed by atoms with van der Waals surface area (Å²) < 4.78 is 17.5. The minimum atomic E-state index is -0.334. The number of nitrogens with zero attached hydrogens (tertiary/aromatic N) is 7. The number of nitrogens with two attached hydrogens (primary N) is 1. The molecule has 1 saturated heterocycles. The summed E-state index contributed by atoms with van der Waals surface area (Å²) in [5.74, 6) is 0.502. The molecule has 6 rings (SSSR count). The Morgan fingerprint density at radius 3 is 2.64 bits per heavy atom. The Morgan fingerprint density at radius 1 is 1.09 bits per heavy atom. The molecule has 2 N–H and O–H groups in total. The lowest BCUT2D eigenvalue weighted by Gasteiger charge is -2.41. The highest BCUT2D eigenvalue weighted by molar-refractivity contribution is 7.99. The van der Waals surface area contributed by atoms with E-state index in [9.17, 15) is 4.39 Å². The van der Waals surface area contributed by atoms with Crippen molar-refractivity contribution in [2.24, 2.45) is 11.1 Å². The van der Waals surface area contributed by atoms with E-state index in [0.29, 0.717) is 28.1 Å². The highest BCUT2D eigenvalue weighted by Gasteiger charge is 2.48. The van der Waals surface area contributed by atoms with E-state index in [1.165, 1.54) is 18.0 Å². The maximum Gasteiger partial charge on any atom is 0.165 e. The van der Waals surface area contributed by atoms with Crippen LogP contribution >= 0.6 is 35.0 Å². The largest absolute Gasteiger partial charge is 0.355 e. The first-order valence-electron chi connectivity index (χ1n) is 10.5. The Balaban J connectivity index is 1.14. The van der Waals surface area contributed by atoms with Crippen molar-refractivity contribution in [2.45, 2.75) is 35.3 Å². The first-order chi connectivity index (χ1) is 15.9. The van der Waals surface area contributed by atoms with Gasteiger partial charge in [-0.05, 0) is 18.9 Å². The molecule has 0 aliphatic carbocycles. The minimum absolute atomic E-state index is 0.157. The van der Waals surface area contributed by atoms with E-state index in [4.69, 9.17) is 28.9 Å². The third-order valence-electron chi connectivity index (χ3n) is 6.70. The lowest BCUT2D eigenvalue weighted by Crippen LogP contribution is -2.45. The van der Waals surface area contributed by atoms with Gasteiger partial charge in [-0.15, -0.1) is 0 Å². The Kier molecular flexibility index (Phi) is 5.02. The molecule has 2 aliphatic heterocycles. The van der Waals surface area contributed by atoms with Crippen molar-refractivity contribution in [1.82, 2.24) is 29.1 Å². The second-order valence-corrected chi connectivity index (χ2v) is 10.3. The average Bonchev–Trinajstić information content (AvgIpc) is 3.46. The first kappa shape index (κ1) is 21.2. The molecule has 12 heteroatoms. The fraction of sp³-hybridized carbons (Fsp3) is 0.333. The molecule has 8 nitrogen and oxygen atoms in total. The number of piperidine rings is 1. The Hall–Kier alpha value is -2.40. The number of aromatic nitrogens is 6. The number of anilines is 1.